The van der Waals surface area contributed by atoms with Crippen molar-refractivity contribution in [1.29, 1.82) is 0 Å². The van der Waals surface area contributed by atoms with Crippen LogP contribution in [0.25, 0.3) is 5.76 Å². The van der Waals surface area contributed by atoms with Crippen LogP contribution >= 0.6 is 0 Å². The summed E-state index contributed by atoms with van der Waals surface area (Å²) in [6, 6.07) is 11.5. The van der Waals surface area contributed by atoms with Gasteiger partial charge in [-0.05, 0) is 36.2 Å². The van der Waals surface area contributed by atoms with Gasteiger partial charge in [0.1, 0.15) is 11.5 Å². The fourth-order valence-electron chi connectivity index (χ4n) is 4.08. The van der Waals surface area contributed by atoms with E-state index in [1.165, 1.54) is 16.9 Å². The third-order valence-corrected chi connectivity index (χ3v) is 5.72. The number of nitrogens with zero attached hydrogens (tertiary/aromatic N) is 1. The molecule has 1 aliphatic heterocycles. The maximum atomic E-state index is 13.6. The van der Waals surface area contributed by atoms with Gasteiger partial charge in [-0.3, -0.25) is 9.59 Å². The van der Waals surface area contributed by atoms with E-state index in [0.717, 1.165) is 6.54 Å². The first-order valence-corrected chi connectivity index (χ1v) is 10.6. The Morgan fingerprint density at radius 1 is 1.09 bits per heavy atom. The quantitative estimate of drug-likeness (QED) is 0.374. The first-order valence-electron chi connectivity index (χ1n) is 10.6. The topological polar surface area (TPSA) is 83.3 Å². The van der Waals surface area contributed by atoms with E-state index in [2.05, 4.69) is 0 Å². The molecule has 0 saturated carbocycles. The largest absolute Gasteiger partial charge is 0.872 e. The van der Waals surface area contributed by atoms with Crippen LogP contribution in [0.3, 0.4) is 0 Å². The van der Waals surface area contributed by atoms with Crippen LogP contribution in [0, 0.1) is 6.92 Å². The van der Waals surface area contributed by atoms with E-state index >= 15 is 0 Å². The summed E-state index contributed by atoms with van der Waals surface area (Å²) >= 11 is 0. The SMILES string of the molecule is COc1ccc(C([O-])=C2C(=O)C(=O)N(CCC[NH+](C)C)C2c2ccccc2OC)c(C)c1. The number of ketones is 1. The summed E-state index contributed by atoms with van der Waals surface area (Å²) in [5, 5.41) is 13.6. The summed E-state index contributed by atoms with van der Waals surface area (Å²) in [4.78, 5) is 28.9. The van der Waals surface area contributed by atoms with Gasteiger partial charge in [0.05, 0.1) is 40.9 Å². The summed E-state index contributed by atoms with van der Waals surface area (Å²) < 4.78 is 10.7. The van der Waals surface area contributed by atoms with E-state index in [1.807, 2.05) is 26.2 Å². The van der Waals surface area contributed by atoms with Gasteiger partial charge in [0.15, 0.2) is 0 Å². The molecule has 2 aromatic rings. The molecule has 0 radical (unpaired) electrons. The molecular weight excluding hydrogens is 408 g/mol. The number of para-hydroxylation sites is 1. The van der Waals surface area contributed by atoms with Crippen LogP contribution in [-0.2, 0) is 9.59 Å². The number of ether oxygens (including phenoxy) is 2. The molecule has 0 aliphatic carbocycles. The van der Waals surface area contributed by atoms with E-state index in [0.29, 0.717) is 41.2 Å². The maximum absolute atomic E-state index is 13.6. The number of rotatable bonds is 8. The Morgan fingerprint density at radius 2 is 1.81 bits per heavy atom. The molecule has 3 rings (SSSR count). The molecule has 1 heterocycles. The Hall–Kier alpha value is -3.32. The van der Waals surface area contributed by atoms with Crippen molar-refractivity contribution in [3.8, 4) is 11.5 Å². The van der Waals surface area contributed by atoms with Crippen molar-refractivity contribution in [2.75, 3.05) is 41.4 Å². The first-order chi connectivity index (χ1) is 15.3. The Bertz CT molecular complexity index is 1040. The number of hydrogen-bond donors (Lipinski definition) is 1. The predicted molar refractivity (Wildman–Crippen MR) is 119 cm³/mol. The molecular formula is C25H30N2O5. The van der Waals surface area contributed by atoms with Gasteiger partial charge in [-0.15, -0.1) is 0 Å². The molecule has 0 aromatic heterocycles. The van der Waals surface area contributed by atoms with Crippen LogP contribution in [0.4, 0.5) is 0 Å². The second-order valence-corrected chi connectivity index (χ2v) is 8.21. The zero-order valence-corrected chi connectivity index (χ0v) is 19.2. The van der Waals surface area contributed by atoms with E-state index in [4.69, 9.17) is 9.47 Å². The minimum atomic E-state index is -0.794. The average Bonchev–Trinajstić information content (AvgIpc) is 3.03. The number of likely N-dealkylation sites (tertiary alicyclic amines) is 1. The lowest BCUT2D eigenvalue weighted by atomic mass is 9.93. The highest BCUT2D eigenvalue weighted by Gasteiger charge is 2.45. The minimum Gasteiger partial charge on any atom is -0.872 e. The lowest BCUT2D eigenvalue weighted by Gasteiger charge is -2.29. The number of amides is 1. The molecule has 170 valence electrons. The van der Waals surface area contributed by atoms with Crippen molar-refractivity contribution in [2.24, 2.45) is 0 Å². The number of hydrogen-bond acceptors (Lipinski definition) is 5. The molecule has 1 atom stereocenters. The van der Waals surface area contributed by atoms with Crippen LogP contribution in [0.2, 0.25) is 0 Å². The second-order valence-electron chi connectivity index (χ2n) is 8.21. The third kappa shape index (κ3) is 4.48. The van der Waals surface area contributed by atoms with Crippen LogP contribution in [0.5, 0.6) is 11.5 Å². The van der Waals surface area contributed by atoms with E-state index < -0.39 is 23.5 Å². The molecule has 1 saturated heterocycles. The lowest BCUT2D eigenvalue weighted by molar-refractivity contribution is -0.858. The molecule has 32 heavy (non-hydrogen) atoms. The van der Waals surface area contributed by atoms with Crippen molar-refractivity contribution < 1.29 is 29.1 Å². The van der Waals surface area contributed by atoms with Crippen molar-refractivity contribution >= 4 is 17.4 Å². The van der Waals surface area contributed by atoms with Crippen LogP contribution < -0.4 is 19.5 Å². The normalized spacial score (nSPS) is 17.8. The third-order valence-electron chi connectivity index (χ3n) is 5.72. The fraction of sp³-hybridized carbons (Fsp3) is 0.360. The highest BCUT2D eigenvalue weighted by molar-refractivity contribution is 6.46. The lowest BCUT2D eigenvalue weighted by Crippen LogP contribution is -3.05. The monoisotopic (exact) mass is 438 g/mol. The number of nitrogens with one attached hydrogen (secondary N) is 1. The van der Waals surface area contributed by atoms with Gasteiger partial charge < -0.3 is 24.4 Å². The van der Waals surface area contributed by atoms with Crippen molar-refractivity contribution in [2.45, 2.75) is 19.4 Å². The second kappa shape index (κ2) is 9.87. The fourth-order valence-corrected chi connectivity index (χ4v) is 4.08. The van der Waals surface area contributed by atoms with Gasteiger partial charge in [-0.2, -0.15) is 0 Å². The molecule has 0 spiro atoms. The summed E-state index contributed by atoms with van der Waals surface area (Å²) in [6.45, 7) is 2.99. The Morgan fingerprint density at radius 3 is 2.44 bits per heavy atom. The number of carbonyl (C=O) groups excluding carboxylic acids is 2. The highest BCUT2D eigenvalue weighted by atomic mass is 16.5. The molecule has 1 amide bonds. The number of Topliss-reactive ketones (excluding diaryl/α,β-unsaturated/α-hetero) is 1. The van der Waals surface area contributed by atoms with Crippen LogP contribution in [-0.4, -0.2) is 58.0 Å². The van der Waals surface area contributed by atoms with Crippen molar-refractivity contribution in [3.05, 3.63) is 64.7 Å². The first kappa shape index (κ1) is 23.3. The van der Waals surface area contributed by atoms with Crippen LogP contribution in [0.15, 0.2) is 48.0 Å². The van der Waals surface area contributed by atoms with E-state index in [-0.39, 0.29) is 5.57 Å². The van der Waals surface area contributed by atoms with Crippen molar-refractivity contribution in [1.82, 2.24) is 4.90 Å². The van der Waals surface area contributed by atoms with Gasteiger partial charge in [0.25, 0.3) is 5.91 Å². The number of carbonyl (C=O) groups is 2. The summed E-state index contributed by atoms with van der Waals surface area (Å²) in [5.74, 6) is -0.699. The Labute approximate surface area is 188 Å². The number of aryl methyl sites for hydroxylation is 1. The molecule has 1 aliphatic rings. The molecule has 1 N–H and O–H groups in total. The molecule has 2 aromatic carbocycles. The number of methoxy groups -OCH3 is 2. The number of quaternary nitrogens is 1. The number of benzene rings is 2. The molecule has 1 fully saturated rings. The average molecular weight is 439 g/mol. The Kier molecular flexibility index (Phi) is 7.20. The van der Waals surface area contributed by atoms with Gasteiger partial charge in [-0.25, -0.2) is 0 Å². The van der Waals surface area contributed by atoms with Gasteiger partial charge in [-0.1, -0.05) is 30.0 Å². The minimum absolute atomic E-state index is 0.0371. The Balaban J connectivity index is 2.16. The summed E-state index contributed by atoms with van der Waals surface area (Å²) in [7, 11) is 7.14. The molecule has 7 heteroatoms. The van der Waals surface area contributed by atoms with Crippen LogP contribution in [0.1, 0.15) is 29.2 Å². The van der Waals surface area contributed by atoms with Gasteiger partial charge >= 0.3 is 0 Å². The maximum Gasteiger partial charge on any atom is 0.295 e. The molecule has 0 bridgehead atoms. The predicted octanol–water partition coefficient (Wildman–Crippen LogP) is 0.771. The summed E-state index contributed by atoms with van der Waals surface area (Å²) in [6.07, 6.45) is 0.704. The van der Waals surface area contributed by atoms with Crippen molar-refractivity contribution in [3.63, 3.8) is 0 Å². The van der Waals surface area contributed by atoms with Gasteiger partial charge in [0.2, 0.25) is 5.78 Å². The van der Waals surface area contributed by atoms with Gasteiger partial charge in [0, 0.05) is 24.1 Å². The zero-order chi connectivity index (χ0) is 23.4. The highest BCUT2D eigenvalue weighted by Crippen LogP contribution is 2.42. The van der Waals surface area contributed by atoms with E-state index in [1.54, 1.807) is 44.4 Å². The standard InChI is InChI=1S/C25H30N2O5/c1-16-15-17(31-4)11-12-18(16)23(28)21-22(19-9-6-7-10-20(19)32-5)27(25(30)24(21)29)14-8-13-26(2)3/h6-7,9-12,15,22,28H,8,13-14H2,1-5H3. The van der Waals surface area contributed by atoms with E-state index in [9.17, 15) is 14.7 Å². The smallest absolute Gasteiger partial charge is 0.295 e. The summed E-state index contributed by atoms with van der Waals surface area (Å²) in [5.41, 5.74) is 1.64. The molecule has 1 unspecified atom stereocenters. The zero-order valence-electron chi connectivity index (χ0n) is 19.2. The molecule has 7 nitrogen and oxygen atoms in total.